The number of nitrogens with zero attached hydrogens (tertiary/aromatic N) is 4. The van der Waals surface area contributed by atoms with Crippen molar-refractivity contribution in [2.75, 3.05) is 37.2 Å². The predicted molar refractivity (Wildman–Crippen MR) is 110 cm³/mol. The number of ether oxygens (including phenoxy) is 1. The van der Waals surface area contributed by atoms with Crippen molar-refractivity contribution in [2.45, 2.75) is 32.6 Å². The summed E-state index contributed by atoms with van der Waals surface area (Å²) in [6, 6.07) is 6.48. The maximum absolute atomic E-state index is 5.90. The molecule has 0 spiro atoms. The van der Waals surface area contributed by atoms with E-state index in [1.54, 1.807) is 7.11 Å². The van der Waals surface area contributed by atoms with E-state index in [4.69, 9.17) is 9.84 Å². The molecule has 0 saturated heterocycles. The van der Waals surface area contributed by atoms with Crippen LogP contribution in [0.25, 0.3) is 0 Å². The number of aryl methyl sites for hydroxylation is 2. The molecule has 0 atom stereocenters. The first-order valence-corrected chi connectivity index (χ1v) is 9.80. The number of hydrogen-bond acceptors (Lipinski definition) is 4. The Morgan fingerprint density at radius 1 is 1.19 bits per heavy atom. The van der Waals surface area contributed by atoms with Crippen LogP contribution in [-0.2, 0) is 19.9 Å². The molecule has 5 nitrogen and oxygen atoms in total. The van der Waals surface area contributed by atoms with Crippen molar-refractivity contribution < 1.29 is 9.30 Å². The highest BCUT2D eigenvalue weighted by Crippen LogP contribution is 2.45. The number of pyridine rings is 1. The molecule has 2 aliphatic rings. The van der Waals surface area contributed by atoms with Crippen LogP contribution in [0.2, 0.25) is 0 Å². The van der Waals surface area contributed by atoms with Crippen molar-refractivity contribution >= 4 is 17.1 Å². The normalized spacial score (nSPS) is 16.1. The first kappa shape index (κ1) is 17.8. The Morgan fingerprint density at radius 3 is 2.59 bits per heavy atom. The summed E-state index contributed by atoms with van der Waals surface area (Å²) in [7, 11) is 5.83. The van der Waals surface area contributed by atoms with Crippen molar-refractivity contribution in [2.24, 2.45) is 12.1 Å². The lowest BCUT2D eigenvalue weighted by Gasteiger charge is -2.38. The zero-order valence-electron chi connectivity index (χ0n) is 16.8. The number of aromatic nitrogens is 1. The van der Waals surface area contributed by atoms with Crippen LogP contribution >= 0.6 is 0 Å². The van der Waals surface area contributed by atoms with Crippen molar-refractivity contribution in [1.82, 2.24) is 0 Å². The average molecular weight is 366 g/mol. The molecule has 5 heteroatoms. The van der Waals surface area contributed by atoms with Gasteiger partial charge in [0, 0.05) is 49.1 Å². The molecule has 27 heavy (non-hydrogen) atoms. The van der Waals surface area contributed by atoms with Gasteiger partial charge in [-0.1, -0.05) is 0 Å². The third-order valence-electron chi connectivity index (χ3n) is 5.70. The third-order valence-corrected chi connectivity index (χ3v) is 5.70. The summed E-state index contributed by atoms with van der Waals surface area (Å²) in [5, 5.41) is 6.84. The van der Waals surface area contributed by atoms with Crippen LogP contribution in [0.5, 0.6) is 5.75 Å². The summed E-state index contributed by atoms with van der Waals surface area (Å²) in [6.07, 6.45) is 8.74. The van der Waals surface area contributed by atoms with Crippen LogP contribution in [0.15, 0.2) is 35.7 Å². The molecule has 0 fully saturated rings. The summed E-state index contributed by atoms with van der Waals surface area (Å²) < 4.78 is 7.93. The van der Waals surface area contributed by atoms with Gasteiger partial charge in [-0.3, -0.25) is 5.01 Å². The summed E-state index contributed by atoms with van der Waals surface area (Å²) in [5.74, 6) is 0.985. The lowest BCUT2D eigenvalue weighted by atomic mass is 9.90. The Labute approximate surface area is 161 Å². The number of anilines is 2. The molecule has 2 aliphatic heterocycles. The van der Waals surface area contributed by atoms with E-state index in [1.165, 1.54) is 42.7 Å². The molecule has 0 amide bonds. The maximum Gasteiger partial charge on any atom is 0.169 e. The van der Waals surface area contributed by atoms with E-state index in [0.29, 0.717) is 0 Å². The second kappa shape index (κ2) is 7.22. The summed E-state index contributed by atoms with van der Waals surface area (Å²) in [6.45, 7) is 4.39. The second-order valence-electron chi connectivity index (χ2n) is 7.57. The van der Waals surface area contributed by atoms with Gasteiger partial charge in [-0.2, -0.15) is 5.10 Å². The van der Waals surface area contributed by atoms with Crippen LogP contribution in [0.3, 0.4) is 0 Å². The van der Waals surface area contributed by atoms with Gasteiger partial charge in [0.15, 0.2) is 12.4 Å². The van der Waals surface area contributed by atoms with Gasteiger partial charge in [0.25, 0.3) is 0 Å². The van der Waals surface area contributed by atoms with Crippen LogP contribution in [-0.4, -0.2) is 33.0 Å². The molecule has 0 aliphatic carbocycles. The fraction of sp³-hybridized carbons (Fsp3) is 0.455. The fourth-order valence-corrected chi connectivity index (χ4v) is 4.36. The monoisotopic (exact) mass is 365 g/mol. The smallest absolute Gasteiger partial charge is 0.169 e. The van der Waals surface area contributed by atoms with Gasteiger partial charge in [-0.15, -0.1) is 0 Å². The molecule has 0 radical (unpaired) electrons. The van der Waals surface area contributed by atoms with Gasteiger partial charge in [-0.25, -0.2) is 4.57 Å². The van der Waals surface area contributed by atoms with Gasteiger partial charge >= 0.3 is 0 Å². The summed E-state index contributed by atoms with van der Waals surface area (Å²) >= 11 is 0. The van der Waals surface area contributed by atoms with E-state index < -0.39 is 0 Å². The Kier molecular flexibility index (Phi) is 4.77. The molecule has 2 aromatic rings. The first-order valence-electron chi connectivity index (χ1n) is 9.80. The first-order chi connectivity index (χ1) is 13.1. The number of hydrogen-bond donors (Lipinski definition) is 0. The highest BCUT2D eigenvalue weighted by atomic mass is 16.5. The SMILES string of the molecule is COc1c(N(C)N=C(C)c2cc[n+](C)cc2)cc2c3c1CCCN3CCC2. The fourth-order valence-electron chi connectivity index (χ4n) is 4.36. The highest BCUT2D eigenvalue weighted by molar-refractivity contribution is 5.99. The lowest BCUT2D eigenvalue weighted by molar-refractivity contribution is -0.671. The summed E-state index contributed by atoms with van der Waals surface area (Å²) in [5.41, 5.74) is 7.42. The third kappa shape index (κ3) is 3.27. The molecule has 0 saturated carbocycles. The Balaban J connectivity index is 1.74. The minimum absolute atomic E-state index is 0.985. The molecular weight excluding hydrogens is 336 g/mol. The van der Waals surface area contributed by atoms with Crippen LogP contribution in [0, 0.1) is 0 Å². The molecule has 0 bridgehead atoms. The van der Waals surface area contributed by atoms with Gasteiger partial charge in [-0.05, 0) is 44.2 Å². The molecule has 1 aromatic heterocycles. The number of benzene rings is 1. The van der Waals surface area contributed by atoms with Crippen LogP contribution in [0.1, 0.15) is 36.5 Å². The standard InChI is InChI=1S/C22H29N4O/c1-16(17-9-13-24(2)14-10-17)23-25(3)20-15-18-7-5-11-26-12-6-8-19(21(18)26)22(20)27-4/h9-10,13-15H,5-8,11-12H2,1-4H3/q+1. The Bertz CT molecular complexity index is 871. The lowest BCUT2D eigenvalue weighted by Crippen LogP contribution is -2.35. The Hall–Kier alpha value is -2.56. The van der Waals surface area contributed by atoms with E-state index >= 15 is 0 Å². The highest BCUT2D eigenvalue weighted by Gasteiger charge is 2.29. The van der Waals surface area contributed by atoms with Gasteiger partial charge < -0.3 is 9.64 Å². The van der Waals surface area contributed by atoms with Gasteiger partial charge in [0.1, 0.15) is 18.5 Å². The Morgan fingerprint density at radius 2 is 1.89 bits per heavy atom. The number of hydrazone groups is 1. The molecule has 142 valence electrons. The van der Waals surface area contributed by atoms with E-state index in [1.807, 2.05) is 36.1 Å². The molecular formula is C22H29N4O+. The minimum Gasteiger partial charge on any atom is -0.494 e. The van der Waals surface area contributed by atoms with Crippen molar-refractivity contribution in [1.29, 1.82) is 0 Å². The van der Waals surface area contributed by atoms with Crippen molar-refractivity contribution in [3.05, 3.63) is 47.3 Å². The molecule has 3 heterocycles. The van der Waals surface area contributed by atoms with Crippen molar-refractivity contribution in [3.8, 4) is 5.75 Å². The summed E-state index contributed by atoms with van der Waals surface area (Å²) in [4.78, 5) is 2.54. The van der Waals surface area contributed by atoms with E-state index in [0.717, 1.165) is 35.6 Å². The van der Waals surface area contributed by atoms with E-state index in [9.17, 15) is 0 Å². The molecule has 4 rings (SSSR count). The topological polar surface area (TPSA) is 31.9 Å². The van der Waals surface area contributed by atoms with Crippen molar-refractivity contribution in [3.63, 3.8) is 0 Å². The van der Waals surface area contributed by atoms with E-state index in [-0.39, 0.29) is 0 Å². The number of methoxy groups -OCH3 is 1. The zero-order valence-corrected chi connectivity index (χ0v) is 16.8. The van der Waals surface area contributed by atoms with Gasteiger partial charge in [0.2, 0.25) is 0 Å². The predicted octanol–water partition coefficient (Wildman–Crippen LogP) is 3.08. The molecule has 1 aromatic carbocycles. The largest absolute Gasteiger partial charge is 0.494 e. The average Bonchev–Trinajstić information content (AvgIpc) is 2.68. The van der Waals surface area contributed by atoms with Crippen LogP contribution in [0.4, 0.5) is 11.4 Å². The second-order valence-corrected chi connectivity index (χ2v) is 7.57. The molecule has 0 unspecified atom stereocenters. The van der Waals surface area contributed by atoms with Crippen LogP contribution < -0.4 is 19.2 Å². The minimum atomic E-state index is 0.985. The van der Waals surface area contributed by atoms with E-state index in [2.05, 4.69) is 30.0 Å². The maximum atomic E-state index is 5.90. The quantitative estimate of drug-likeness (QED) is 0.474. The zero-order chi connectivity index (χ0) is 19.0. The molecule has 0 N–H and O–H groups in total. The van der Waals surface area contributed by atoms with Gasteiger partial charge in [0.05, 0.1) is 12.8 Å². The number of rotatable bonds is 4.